The quantitative estimate of drug-likeness (QED) is 0.843. The fourth-order valence-corrected chi connectivity index (χ4v) is 2.06. The highest BCUT2D eigenvalue weighted by Gasteiger charge is 2.13. The number of aromatic nitrogens is 1. The molecule has 0 unspecified atom stereocenters. The number of nitrogens with one attached hydrogen (secondary N) is 1. The molecule has 1 atom stereocenters. The van der Waals surface area contributed by atoms with E-state index in [1.807, 2.05) is 42.6 Å². The lowest BCUT2D eigenvalue weighted by Gasteiger charge is -2.08. The third-order valence-corrected chi connectivity index (χ3v) is 3.34. The predicted molar refractivity (Wildman–Crippen MR) is 72.3 cm³/mol. The second-order valence-electron chi connectivity index (χ2n) is 4.16. The fraction of sp³-hybridized carbons (Fsp3) is 0.214. The number of rotatable bonds is 4. The molecule has 0 saturated carbocycles. The molecule has 2 aromatic rings. The molecule has 17 heavy (non-hydrogen) atoms. The van der Waals surface area contributed by atoms with Crippen molar-refractivity contribution in [2.24, 2.45) is 0 Å². The summed E-state index contributed by atoms with van der Waals surface area (Å²) < 4.78 is 0.992. The van der Waals surface area contributed by atoms with E-state index in [1.165, 1.54) is 0 Å². The Morgan fingerprint density at radius 1 is 1.29 bits per heavy atom. The van der Waals surface area contributed by atoms with E-state index in [9.17, 15) is 4.79 Å². The molecule has 1 N–H and O–H groups in total. The smallest absolute Gasteiger partial charge is 0.163 e. The molecule has 0 aliphatic carbocycles. The van der Waals surface area contributed by atoms with E-state index in [-0.39, 0.29) is 11.7 Å². The molecule has 1 aromatic heterocycles. The predicted octanol–water partition coefficient (Wildman–Crippen LogP) is 4.15. The minimum absolute atomic E-state index is 0.180. The Morgan fingerprint density at radius 2 is 2.00 bits per heavy atom. The summed E-state index contributed by atoms with van der Waals surface area (Å²) in [4.78, 5) is 15.2. The molecule has 0 radical (unpaired) electrons. The van der Waals surface area contributed by atoms with Crippen molar-refractivity contribution >= 4 is 21.7 Å². The van der Waals surface area contributed by atoms with Crippen molar-refractivity contribution in [3.05, 3.63) is 58.3 Å². The maximum absolute atomic E-state index is 12.0. The third kappa shape index (κ3) is 3.07. The number of carbonyl (C=O) groups excluding carboxylic acids is 1. The zero-order valence-corrected chi connectivity index (χ0v) is 11.2. The van der Waals surface area contributed by atoms with Crippen LogP contribution >= 0.6 is 15.9 Å². The van der Waals surface area contributed by atoms with Gasteiger partial charge >= 0.3 is 0 Å². The SMILES string of the molecule is C[C@H](CC(=O)c1ccc(Br)cc1)c1ccc[nH]1. The lowest BCUT2D eigenvalue weighted by molar-refractivity contribution is 0.0975. The Hall–Kier alpha value is -1.35. The minimum atomic E-state index is 0.180. The van der Waals surface area contributed by atoms with Crippen LogP contribution in [0.4, 0.5) is 0 Å². The van der Waals surface area contributed by atoms with Gasteiger partial charge in [-0.1, -0.05) is 35.0 Å². The van der Waals surface area contributed by atoms with Gasteiger partial charge in [-0.05, 0) is 24.3 Å². The summed E-state index contributed by atoms with van der Waals surface area (Å²) >= 11 is 3.36. The van der Waals surface area contributed by atoms with Gasteiger partial charge < -0.3 is 4.98 Å². The number of aromatic amines is 1. The van der Waals surface area contributed by atoms with Crippen molar-refractivity contribution in [1.82, 2.24) is 4.98 Å². The van der Waals surface area contributed by atoms with Crippen LogP contribution in [0, 0.1) is 0 Å². The fourth-order valence-electron chi connectivity index (χ4n) is 1.79. The molecule has 0 spiro atoms. The lowest BCUT2D eigenvalue weighted by atomic mass is 9.97. The van der Waals surface area contributed by atoms with E-state index in [1.54, 1.807) is 0 Å². The van der Waals surface area contributed by atoms with Gasteiger partial charge in [-0.25, -0.2) is 0 Å². The van der Waals surface area contributed by atoms with Crippen LogP contribution in [0.1, 0.15) is 35.3 Å². The summed E-state index contributed by atoms with van der Waals surface area (Å²) in [5, 5.41) is 0. The van der Waals surface area contributed by atoms with Crippen molar-refractivity contribution in [3.8, 4) is 0 Å². The number of Topliss-reactive ketones (excluding diaryl/α,β-unsaturated/α-hetero) is 1. The Kier molecular flexibility index (Phi) is 3.79. The van der Waals surface area contributed by atoms with E-state index >= 15 is 0 Å². The van der Waals surface area contributed by atoms with Gasteiger partial charge in [0.1, 0.15) is 0 Å². The highest BCUT2D eigenvalue weighted by Crippen LogP contribution is 2.20. The van der Waals surface area contributed by atoms with Crippen LogP contribution in [0.5, 0.6) is 0 Å². The van der Waals surface area contributed by atoms with Crippen LogP contribution in [0.2, 0.25) is 0 Å². The number of H-pyrrole nitrogens is 1. The number of hydrogen-bond donors (Lipinski definition) is 1. The van der Waals surface area contributed by atoms with Gasteiger partial charge in [0, 0.05) is 34.3 Å². The van der Waals surface area contributed by atoms with E-state index < -0.39 is 0 Å². The summed E-state index contributed by atoms with van der Waals surface area (Å²) in [5.41, 5.74) is 1.88. The molecule has 1 aromatic carbocycles. The van der Waals surface area contributed by atoms with Crippen molar-refractivity contribution in [2.45, 2.75) is 19.3 Å². The van der Waals surface area contributed by atoms with Crippen LogP contribution in [0.25, 0.3) is 0 Å². The van der Waals surface area contributed by atoms with Gasteiger partial charge in [-0.3, -0.25) is 4.79 Å². The Balaban J connectivity index is 2.04. The Morgan fingerprint density at radius 3 is 2.59 bits per heavy atom. The summed E-state index contributed by atoms with van der Waals surface area (Å²) in [6.45, 7) is 2.06. The van der Waals surface area contributed by atoms with Crippen LogP contribution in [-0.2, 0) is 0 Å². The highest BCUT2D eigenvalue weighted by atomic mass is 79.9. The summed E-state index contributed by atoms with van der Waals surface area (Å²) in [6.07, 6.45) is 2.41. The lowest BCUT2D eigenvalue weighted by Crippen LogP contribution is -2.05. The van der Waals surface area contributed by atoms with Crippen LogP contribution in [0.3, 0.4) is 0 Å². The topological polar surface area (TPSA) is 32.9 Å². The second-order valence-corrected chi connectivity index (χ2v) is 5.08. The first-order chi connectivity index (χ1) is 8.16. The van der Waals surface area contributed by atoms with E-state index in [2.05, 4.69) is 27.8 Å². The normalized spacial score (nSPS) is 12.4. The van der Waals surface area contributed by atoms with E-state index in [4.69, 9.17) is 0 Å². The number of benzene rings is 1. The number of ketones is 1. The summed E-state index contributed by atoms with van der Waals surface area (Å²) in [5.74, 6) is 0.403. The molecular formula is C14H14BrNO. The average Bonchev–Trinajstić information content (AvgIpc) is 2.83. The molecule has 3 heteroatoms. The molecule has 88 valence electrons. The van der Waals surface area contributed by atoms with Crippen molar-refractivity contribution in [1.29, 1.82) is 0 Å². The van der Waals surface area contributed by atoms with Gasteiger partial charge in [0.15, 0.2) is 5.78 Å². The first-order valence-electron chi connectivity index (χ1n) is 5.59. The number of hydrogen-bond acceptors (Lipinski definition) is 1. The van der Waals surface area contributed by atoms with Gasteiger partial charge in [0.05, 0.1) is 0 Å². The molecule has 1 heterocycles. The molecule has 2 nitrogen and oxygen atoms in total. The summed E-state index contributed by atoms with van der Waals surface area (Å²) in [6, 6.07) is 11.5. The first kappa shape index (κ1) is 12.1. The van der Waals surface area contributed by atoms with Gasteiger partial charge in [-0.2, -0.15) is 0 Å². The van der Waals surface area contributed by atoms with Crippen molar-refractivity contribution in [2.75, 3.05) is 0 Å². The molecular weight excluding hydrogens is 278 g/mol. The molecule has 0 bridgehead atoms. The largest absolute Gasteiger partial charge is 0.365 e. The average molecular weight is 292 g/mol. The standard InChI is InChI=1S/C14H14BrNO/c1-10(13-3-2-8-16-13)9-14(17)11-4-6-12(15)7-5-11/h2-8,10,16H,9H2,1H3/t10-/m1/s1. The number of carbonyl (C=O) groups is 1. The van der Waals surface area contributed by atoms with Crippen LogP contribution < -0.4 is 0 Å². The zero-order valence-electron chi connectivity index (χ0n) is 9.61. The van der Waals surface area contributed by atoms with Crippen molar-refractivity contribution < 1.29 is 4.79 Å². The second kappa shape index (κ2) is 5.32. The Bertz CT molecular complexity index is 487. The van der Waals surface area contributed by atoms with E-state index in [0.717, 1.165) is 15.7 Å². The molecule has 0 aliphatic rings. The first-order valence-corrected chi connectivity index (χ1v) is 6.38. The van der Waals surface area contributed by atoms with E-state index in [0.29, 0.717) is 6.42 Å². The molecule has 0 amide bonds. The van der Waals surface area contributed by atoms with Crippen LogP contribution in [-0.4, -0.2) is 10.8 Å². The zero-order chi connectivity index (χ0) is 12.3. The van der Waals surface area contributed by atoms with Gasteiger partial charge in [0.2, 0.25) is 0 Å². The summed E-state index contributed by atoms with van der Waals surface area (Å²) in [7, 11) is 0. The monoisotopic (exact) mass is 291 g/mol. The maximum Gasteiger partial charge on any atom is 0.163 e. The Labute approximate surface area is 109 Å². The molecule has 0 fully saturated rings. The molecule has 2 rings (SSSR count). The minimum Gasteiger partial charge on any atom is -0.365 e. The van der Waals surface area contributed by atoms with Crippen LogP contribution in [0.15, 0.2) is 47.1 Å². The molecule has 0 aliphatic heterocycles. The highest BCUT2D eigenvalue weighted by molar-refractivity contribution is 9.10. The van der Waals surface area contributed by atoms with Gasteiger partial charge in [0.25, 0.3) is 0 Å². The molecule has 0 saturated heterocycles. The van der Waals surface area contributed by atoms with Gasteiger partial charge in [-0.15, -0.1) is 0 Å². The number of halogens is 1. The maximum atomic E-state index is 12.0. The van der Waals surface area contributed by atoms with Crippen molar-refractivity contribution in [3.63, 3.8) is 0 Å². The third-order valence-electron chi connectivity index (χ3n) is 2.81.